The Bertz CT molecular complexity index is 774. The maximum atomic E-state index is 6.32. The first-order valence-corrected chi connectivity index (χ1v) is 6.74. The lowest BCUT2D eigenvalue weighted by Crippen LogP contribution is -2.14. The van der Waals surface area contributed by atoms with Crippen molar-refractivity contribution in [2.75, 3.05) is 0 Å². The first kappa shape index (κ1) is 12.9. The van der Waals surface area contributed by atoms with E-state index < -0.39 is 0 Å². The highest BCUT2D eigenvalue weighted by Gasteiger charge is 2.18. The molecule has 2 N–H and O–H groups in total. The third kappa shape index (κ3) is 2.10. The summed E-state index contributed by atoms with van der Waals surface area (Å²) in [6.45, 7) is 6.10. The second-order valence-electron chi connectivity index (χ2n) is 5.33. The van der Waals surface area contributed by atoms with Crippen LogP contribution >= 0.6 is 0 Å². The second-order valence-corrected chi connectivity index (χ2v) is 5.33. The first-order valence-electron chi connectivity index (χ1n) is 6.74. The Balaban J connectivity index is 2.08. The van der Waals surface area contributed by atoms with E-state index in [0.717, 1.165) is 39.1 Å². The van der Waals surface area contributed by atoms with Gasteiger partial charge in [0.05, 0.1) is 5.69 Å². The number of furan rings is 1. The van der Waals surface area contributed by atoms with Crippen LogP contribution in [-0.4, -0.2) is 4.98 Å². The Kier molecular flexibility index (Phi) is 3.07. The molecule has 102 valence electrons. The monoisotopic (exact) mass is 266 g/mol. The predicted molar refractivity (Wildman–Crippen MR) is 80.7 cm³/mol. The number of fused-ring (bicyclic) bond motifs is 1. The van der Waals surface area contributed by atoms with E-state index in [2.05, 4.69) is 11.1 Å². The molecular weight excluding hydrogens is 248 g/mol. The summed E-state index contributed by atoms with van der Waals surface area (Å²) >= 11 is 0. The van der Waals surface area contributed by atoms with Crippen LogP contribution in [0.4, 0.5) is 0 Å². The van der Waals surface area contributed by atoms with E-state index in [4.69, 9.17) is 10.2 Å². The molecule has 3 nitrogen and oxygen atoms in total. The number of benzene rings is 1. The smallest absolute Gasteiger partial charge is 0.137 e. The number of aromatic nitrogens is 1. The molecule has 0 aliphatic carbocycles. The number of hydrogen-bond acceptors (Lipinski definition) is 3. The van der Waals surface area contributed by atoms with Crippen LogP contribution in [0.1, 0.15) is 34.2 Å². The topological polar surface area (TPSA) is 52.0 Å². The van der Waals surface area contributed by atoms with E-state index in [0.29, 0.717) is 0 Å². The fourth-order valence-electron chi connectivity index (χ4n) is 2.57. The Morgan fingerprint density at radius 3 is 2.60 bits per heavy atom. The molecule has 3 aromatic rings. The summed E-state index contributed by atoms with van der Waals surface area (Å²) in [6, 6.07) is 9.87. The number of nitrogens with zero attached hydrogens (tertiary/aromatic N) is 1. The fourth-order valence-corrected chi connectivity index (χ4v) is 2.57. The van der Waals surface area contributed by atoms with Crippen molar-refractivity contribution in [3.05, 3.63) is 64.7 Å². The zero-order valence-electron chi connectivity index (χ0n) is 12.0. The minimum absolute atomic E-state index is 0.331. The zero-order valence-corrected chi connectivity index (χ0v) is 12.0. The van der Waals surface area contributed by atoms with Gasteiger partial charge in [-0.25, -0.2) is 0 Å². The largest absolute Gasteiger partial charge is 0.459 e. The molecule has 0 radical (unpaired) electrons. The molecule has 0 fully saturated rings. The molecule has 3 heteroatoms. The number of nitrogens with two attached hydrogens (primary N) is 1. The average molecular weight is 266 g/mol. The van der Waals surface area contributed by atoms with E-state index >= 15 is 0 Å². The number of aryl methyl sites for hydroxylation is 3. The Morgan fingerprint density at radius 2 is 1.90 bits per heavy atom. The van der Waals surface area contributed by atoms with Gasteiger partial charge in [-0.2, -0.15) is 0 Å². The predicted octanol–water partition coefficient (Wildman–Crippen LogP) is 3.80. The summed E-state index contributed by atoms with van der Waals surface area (Å²) in [5, 5.41) is 1.08. The maximum absolute atomic E-state index is 6.32. The lowest BCUT2D eigenvalue weighted by Gasteiger charge is -2.11. The van der Waals surface area contributed by atoms with E-state index in [1.54, 1.807) is 0 Å². The van der Waals surface area contributed by atoms with Crippen molar-refractivity contribution in [1.82, 2.24) is 4.98 Å². The quantitative estimate of drug-likeness (QED) is 0.767. The molecule has 1 unspecified atom stereocenters. The summed E-state index contributed by atoms with van der Waals surface area (Å²) in [6.07, 6.45) is 1.84. The first-order chi connectivity index (χ1) is 9.56. The van der Waals surface area contributed by atoms with Crippen molar-refractivity contribution in [1.29, 1.82) is 0 Å². The van der Waals surface area contributed by atoms with Crippen molar-refractivity contribution >= 4 is 11.0 Å². The van der Waals surface area contributed by atoms with Crippen LogP contribution in [0.3, 0.4) is 0 Å². The maximum Gasteiger partial charge on any atom is 0.137 e. The van der Waals surface area contributed by atoms with Gasteiger partial charge in [-0.3, -0.25) is 4.98 Å². The molecule has 0 amide bonds. The van der Waals surface area contributed by atoms with Gasteiger partial charge in [-0.15, -0.1) is 0 Å². The summed E-state index contributed by atoms with van der Waals surface area (Å²) in [7, 11) is 0. The van der Waals surface area contributed by atoms with Crippen LogP contribution in [0.15, 0.2) is 40.9 Å². The Hall–Kier alpha value is -2.13. The minimum atomic E-state index is -0.331. The third-order valence-electron chi connectivity index (χ3n) is 3.62. The van der Waals surface area contributed by atoms with E-state index in [1.165, 1.54) is 0 Å². The molecule has 0 saturated heterocycles. The highest BCUT2D eigenvalue weighted by molar-refractivity contribution is 5.81. The van der Waals surface area contributed by atoms with Gasteiger partial charge in [0.25, 0.3) is 0 Å². The molecule has 3 rings (SSSR count). The van der Waals surface area contributed by atoms with Crippen molar-refractivity contribution < 1.29 is 4.42 Å². The molecule has 20 heavy (non-hydrogen) atoms. The summed E-state index contributed by atoms with van der Waals surface area (Å²) in [5.41, 5.74) is 11.4. The molecule has 1 atom stereocenters. The summed E-state index contributed by atoms with van der Waals surface area (Å²) in [5.74, 6) is 0.758. The molecule has 1 aromatic carbocycles. The molecule has 0 bridgehead atoms. The molecule has 0 aliphatic rings. The summed E-state index contributed by atoms with van der Waals surface area (Å²) < 4.78 is 5.94. The third-order valence-corrected chi connectivity index (χ3v) is 3.62. The molecule has 0 saturated carbocycles. The van der Waals surface area contributed by atoms with Crippen molar-refractivity contribution in [2.45, 2.75) is 26.8 Å². The van der Waals surface area contributed by atoms with Crippen molar-refractivity contribution in [3.63, 3.8) is 0 Å². The van der Waals surface area contributed by atoms with Crippen LogP contribution in [-0.2, 0) is 0 Å². The number of hydrogen-bond donors (Lipinski definition) is 1. The van der Waals surface area contributed by atoms with Gasteiger partial charge >= 0.3 is 0 Å². The van der Waals surface area contributed by atoms with Gasteiger partial charge in [-0.1, -0.05) is 24.3 Å². The van der Waals surface area contributed by atoms with Crippen LogP contribution < -0.4 is 5.73 Å². The van der Waals surface area contributed by atoms with Gasteiger partial charge in [-0.05, 0) is 43.5 Å². The minimum Gasteiger partial charge on any atom is -0.459 e. The second kappa shape index (κ2) is 4.76. The normalized spacial score (nSPS) is 12.8. The highest BCUT2D eigenvalue weighted by Crippen LogP contribution is 2.29. The Morgan fingerprint density at radius 1 is 1.10 bits per heavy atom. The lowest BCUT2D eigenvalue weighted by molar-refractivity contribution is 0.518. The number of pyridine rings is 1. The van der Waals surface area contributed by atoms with E-state index in [-0.39, 0.29) is 6.04 Å². The molecule has 0 aliphatic heterocycles. The van der Waals surface area contributed by atoms with Gasteiger partial charge in [0.1, 0.15) is 17.4 Å². The van der Waals surface area contributed by atoms with Crippen molar-refractivity contribution in [2.24, 2.45) is 5.73 Å². The molecule has 0 spiro atoms. The number of rotatable bonds is 2. The number of para-hydroxylation sites is 1. The van der Waals surface area contributed by atoms with Gasteiger partial charge in [0.2, 0.25) is 0 Å². The van der Waals surface area contributed by atoms with Crippen LogP contribution in [0.25, 0.3) is 11.0 Å². The molecule has 2 aromatic heterocycles. The SMILES string of the molecule is Cc1cnc(C(N)c2cc3cccc(C)c3o2)c(C)c1. The average Bonchev–Trinajstić information content (AvgIpc) is 2.83. The standard InChI is InChI=1S/C17H18N2O/c1-10-7-12(3)16(19-9-10)15(18)14-8-13-6-4-5-11(2)17(13)20-14/h4-9,15H,18H2,1-3H3. The lowest BCUT2D eigenvalue weighted by atomic mass is 10.0. The van der Waals surface area contributed by atoms with Crippen LogP contribution in [0, 0.1) is 20.8 Å². The van der Waals surface area contributed by atoms with Gasteiger partial charge < -0.3 is 10.2 Å². The summed E-state index contributed by atoms with van der Waals surface area (Å²) in [4.78, 5) is 4.46. The fraction of sp³-hybridized carbons (Fsp3) is 0.235. The van der Waals surface area contributed by atoms with Gasteiger partial charge in [0.15, 0.2) is 0 Å². The highest BCUT2D eigenvalue weighted by atomic mass is 16.3. The Labute approximate surface area is 118 Å². The van der Waals surface area contributed by atoms with Crippen LogP contribution in [0.5, 0.6) is 0 Å². The van der Waals surface area contributed by atoms with E-state index in [9.17, 15) is 0 Å². The molecular formula is C17H18N2O. The van der Waals surface area contributed by atoms with E-state index in [1.807, 2.05) is 51.2 Å². The zero-order chi connectivity index (χ0) is 14.3. The van der Waals surface area contributed by atoms with Crippen LogP contribution in [0.2, 0.25) is 0 Å². The van der Waals surface area contributed by atoms with Crippen molar-refractivity contribution in [3.8, 4) is 0 Å². The molecule has 2 heterocycles. The van der Waals surface area contributed by atoms with Gasteiger partial charge in [0, 0.05) is 11.6 Å².